The van der Waals surface area contributed by atoms with Crippen LogP contribution in [0.3, 0.4) is 0 Å². The topological polar surface area (TPSA) is 46.5 Å². The molecule has 0 spiro atoms. The fraction of sp³-hybridized carbons (Fsp3) is 0.417. The monoisotopic (exact) mass is 210 g/mol. The maximum absolute atomic E-state index is 10.7. The van der Waals surface area contributed by atoms with Crippen LogP contribution in [0.25, 0.3) is 0 Å². The van der Waals surface area contributed by atoms with Gasteiger partial charge in [0.15, 0.2) is 0 Å². The molecule has 1 rings (SSSR count). The zero-order chi connectivity index (χ0) is 13.1. The van der Waals surface area contributed by atoms with Gasteiger partial charge in [0.05, 0.1) is 7.45 Å². The van der Waals surface area contributed by atoms with E-state index in [0.717, 1.165) is 5.56 Å². The predicted molar refractivity (Wildman–Crippen MR) is 57.8 cm³/mol. The molecule has 15 heavy (non-hydrogen) atoms. The third-order valence-electron chi connectivity index (χ3n) is 1.82. The van der Waals surface area contributed by atoms with Gasteiger partial charge >= 0.3 is 5.97 Å². The van der Waals surface area contributed by atoms with Crippen LogP contribution in [0.4, 0.5) is 0 Å². The SMILES string of the molecule is [2H][C@H](Cc1ccc(OC(C)=O)cc1)[C@]([2H])(C)O. The maximum Gasteiger partial charge on any atom is 0.308 e. The number of esters is 1. The average Bonchev–Trinajstić information content (AvgIpc) is 2.18. The highest BCUT2D eigenvalue weighted by Gasteiger charge is 2.00. The predicted octanol–water partition coefficient (Wildman–Crippen LogP) is 1.93. The van der Waals surface area contributed by atoms with E-state index in [1.807, 2.05) is 0 Å². The molecule has 0 radical (unpaired) electrons. The van der Waals surface area contributed by atoms with E-state index in [2.05, 4.69) is 0 Å². The Kier molecular flexibility index (Phi) is 3.28. The quantitative estimate of drug-likeness (QED) is 0.610. The average molecular weight is 210 g/mol. The van der Waals surface area contributed by atoms with Crippen LogP contribution in [-0.4, -0.2) is 17.2 Å². The van der Waals surface area contributed by atoms with E-state index in [0.29, 0.717) is 5.75 Å². The highest BCUT2D eigenvalue weighted by Crippen LogP contribution is 2.14. The largest absolute Gasteiger partial charge is 0.427 e. The summed E-state index contributed by atoms with van der Waals surface area (Å²) in [4.78, 5) is 10.7. The summed E-state index contributed by atoms with van der Waals surface area (Å²) in [5.74, 6) is 0.0608. The summed E-state index contributed by atoms with van der Waals surface area (Å²) in [5, 5.41) is 9.33. The lowest BCUT2D eigenvalue weighted by atomic mass is 10.1. The van der Waals surface area contributed by atoms with E-state index in [4.69, 9.17) is 7.48 Å². The van der Waals surface area contributed by atoms with Gasteiger partial charge in [-0.25, -0.2) is 0 Å². The Hall–Kier alpha value is -1.35. The van der Waals surface area contributed by atoms with Gasteiger partial charge in [-0.15, -0.1) is 0 Å². The van der Waals surface area contributed by atoms with E-state index in [-0.39, 0.29) is 12.4 Å². The van der Waals surface area contributed by atoms with Gasteiger partial charge < -0.3 is 9.84 Å². The third kappa shape index (κ3) is 4.61. The molecule has 0 aliphatic heterocycles. The molecular weight excluding hydrogens is 192 g/mol. The molecule has 0 aromatic heterocycles. The van der Waals surface area contributed by atoms with Crippen LogP contribution in [0.5, 0.6) is 5.75 Å². The van der Waals surface area contributed by atoms with E-state index < -0.39 is 12.5 Å². The van der Waals surface area contributed by atoms with E-state index in [1.54, 1.807) is 24.3 Å². The summed E-state index contributed by atoms with van der Waals surface area (Å²) in [7, 11) is 0. The first-order valence-corrected chi connectivity index (χ1v) is 4.71. The van der Waals surface area contributed by atoms with Crippen LogP contribution >= 0.6 is 0 Å². The van der Waals surface area contributed by atoms with Crippen molar-refractivity contribution in [3.8, 4) is 5.75 Å². The molecule has 0 saturated carbocycles. The van der Waals surface area contributed by atoms with E-state index in [1.165, 1.54) is 13.8 Å². The third-order valence-corrected chi connectivity index (χ3v) is 1.82. The lowest BCUT2D eigenvalue weighted by molar-refractivity contribution is -0.131. The van der Waals surface area contributed by atoms with Crippen molar-refractivity contribution in [2.24, 2.45) is 0 Å². The lowest BCUT2D eigenvalue weighted by Gasteiger charge is -2.05. The Morgan fingerprint density at radius 1 is 1.60 bits per heavy atom. The molecule has 3 heteroatoms. The standard InChI is InChI=1S/C12H16O3/c1-9(13)3-4-11-5-7-12(8-6-11)15-10(2)14/h5-9,13H,3-4H2,1-2H3/t9-/m0/s1/i3D,9D/t3-,9+/m1. The first-order valence-electron chi connectivity index (χ1n) is 5.79. The van der Waals surface area contributed by atoms with Gasteiger partial charge in [0, 0.05) is 8.29 Å². The van der Waals surface area contributed by atoms with Crippen LogP contribution in [0.2, 0.25) is 0 Å². The van der Waals surface area contributed by atoms with Gasteiger partial charge in [-0.3, -0.25) is 4.79 Å². The smallest absolute Gasteiger partial charge is 0.308 e. The molecule has 3 nitrogen and oxygen atoms in total. The second-order valence-electron chi connectivity index (χ2n) is 3.29. The van der Waals surface area contributed by atoms with Crippen molar-refractivity contribution in [1.82, 2.24) is 0 Å². The number of benzene rings is 1. The highest BCUT2D eigenvalue weighted by atomic mass is 16.5. The van der Waals surface area contributed by atoms with Gasteiger partial charge in [0.25, 0.3) is 0 Å². The molecule has 0 heterocycles. The normalized spacial score (nSPS) is 18.3. The molecule has 0 aliphatic carbocycles. The van der Waals surface area contributed by atoms with Gasteiger partial charge in [-0.1, -0.05) is 12.1 Å². The Morgan fingerprint density at radius 2 is 2.20 bits per heavy atom. The molecule has 1 aromatic rings. The number of hydrogen-bond donors (Lipinski definition) is 1. The molecule has 0 fully saturated rings. The van der Waals surface area contributed by atoms with Gasteiger partial charge in [0.2, 0.25) is 0 Å². The molecule has 0 unspecified atom stereocenters. The molecule has 1 aromatic carbocycles. The Bertz CT molecular complexity index is 382. The first-order chi connectivity index (χ1) is 7.79. The van der Waals surface area contributed by atoms with Crippen molar-refractivity contribution in [2.45, 2.75) is 32.7 Å². The number of carbonyl (C=O) groups is 1. The minimum Gasteiger partial charge on any atom is -0.427 e. The van der Waals surface area contributed by atoms with Crippen molar-refractivity contribution >= 4 is 5.97 Å². The fourth-order valence-corrected chi connectivity index (χ4v) is 1.13. The maximum atomic E-state index is 10.7. The van der Waals surface area contributed by atoms with Crippen molar-refractivity contribution in [2.75, 3.05) is 0 Å². The number of rotatable bonds is 4. The Morgan fingerprint density at radius 3 is 2.67 bits per heavy atom. The highest BCUT2D eigenvalue weighted by molar-refractivity contribution is 5.69. The van der Waals surface area contributed by atoms with Crippen LogP contribution in [-0.2, 0) is 11.2 Å². The van der Waals surface area contributed by atoms with Crippen molar-refractivity contribution in [1.29, 1.82) is 0 Å². The second kappa shape index (κ2) is 5.51. The number of aliphatic hydroxyl groups is 1. The molecule has 0 saturated heterocycles. The van der Waals surface area contributed by atoms with Crippen LogP contribution in [0, 0.1) is 0 Å². The number of carbonyl (C=O) groups excluding carboxylic acids is 1. The second-order valence-corrected chi connectivity index (χ2v) is 3.29. The zero-order valence-corrected chi connectivity index (χ0v) is 8.86. The van der Waals surface area contributed by atoms with Gasteiger partial charge in [-0.2, -0.15) is 0 Å². The molecule has 2 atom stereocenters. The van der Waals surface area contributed by atoms with Crippen molar-refractivity contribution in [3.63, 3.8) is 0 Å². The minimum atomic E-state index is -1.77. The van der Waals surface area contributed by atoms with Crippen molar-refractivity contribution in [3.05, 3.63) is 29.8 Å². The fourth-order valence-electron chi connectivity index (χ4n) is 1.13. The lowest BCUT2D eigenvalue weighted by Crippen LogP contribution is -2.02. The number of hydrogen-bond acceptors (Lipinski definition) is 3. The van der Waals surface area contributed by atoms with Crippen LogP contribution < -0.4 is 4.74 Å². The summed E-state index contributed by atoms with van der Waals surface area (Å²) >= 11 is 0. The van der Waals surface area contributed by atoms with E-state index in [9.17, 15) is 9.90 Å². The molecule has 1 N–H and O–H groups in total. The number of aryl methyl sites for hydroxylation is 1. The molecule has 0 aliphatic rings. The summed E-state index contributed by atoms with van der Waals surface area (Å²) in [5.41, 5.74) is 0.813. The number of ether oxygens (including phenoxy) is 1. The summed E-state index contributed by atoms with van der Waals surface area (Å²) in [6.45, 7) is 2.61. The van der Waals surface area contributed by atoms with Crippen LogP contribution in [0.1, 0.15) is 28.5 Å². The molecule has 0 bridgehead atoms. The summed E-state index contributed by atoms with van der Waals surface area (Å²) in [6.07, 6.45) is -2.41. The molecular formula is C12H16O3. The first kappa shape index (κ1) is 8.92. The van der Waals surface area contributed by atoms with Crippen LogP contribution in [0.15, 0.2) is 24.3 Å². The summed E-state index contributed by atoms with van der Waals surface area (Å²) < 4.78 is 19.8. The van der Waals surface area contributed by atoms with Gasteiger partial charge in [0.1, 0.15) is 5.75 Å². The Balaban J connectivity index is 2.65. The van der Waals surface area contributed by atoms with Gasteiger partial charge in [-0.05, 0) is 37.4 Å². The van der Waals surface area contributed by atoms with E-state index >= 15 is 0 Å². The van der Waals surface area contributed by atoms with Crippen molar-refractivity contribution < 1.29 is 17.4 Å². The minimum absolute atomic E-state index is 0.275. The zero-order valence-electron chi connectivity index (χ0n) is 10.9. The molecule has 82 valence electrons. The summed E-state index contributed by atoms with van der Waals surface area (Å²) in [6, 6.07) is 6.68. The molecule has 0 amide bonds. The Labute approximate surface area is 92.5 Å².